The van der Waals surface area contributed by atoms with E-state index in [0.717, 1.165) is 25.0 Å². The lowest BCUT2D eigenvalue weighted by Gasteiger charge is -2.27. The van der Waals surface area contributed by atoms with Crippen LogP contribution >= 0.6 is 0 Å². The summed E-state index contributed by atoms with van der Waals surface area (Å²) in [4.78, 5) is 0. The fourth-order valence-corrected chi connectivity index (χ4v) is 2.69. The first-order valence-corrected chi connectivity index (χ1v) is 7.04. The van der Waals surface area contributed by atoms with Crippen molar-refractivity contribution in [2.75, 3.05) is 0 Å². The molecule has 2 heteroatoms. The van der Waals surface area contributed by atoms with E-state index in [9.17, 15) is 0 Å². The van der Waals surface area contributed by atoms with Crippen molar-refractivity contribution < 1.29 is 4.74 Å². The van der Waals surface area contributed by atoms with Crippen LogP contribution in [0.4, 0.5) is 0 Å². The largest absolute Gasteiger partial charge is 0.489 e. The lowest BCUT2D eigenvalue weighted by Crippen LogP contribution is -2.42. The van der Waals surface area contributed by atoms with Gasteiger partial charge in [-0.1, -0.05) is 39.3 Å². The lowest BCUT2D eigenvalue weighted by atomic mass is 9.88. The Morgan fingerprint density at radius 3 is 2.44 bits per heavy atom. The Bertz CT molecular complexity index is 383. The SMILES string of the molecule is CCCc1ccc(OC2CCC(C)(C)C2N)cc1. The van der Waals surface area contributed by atoms with Crippen LogP contribution in [0.15, 0.2) is 24.3 Å². The van der Waals surface area contributed by atoms with E-state index in [0.29, 0.717) is 0 Å². The third kappa shape index (κ3) is 2.86. The van der Waals surface area contributed by atoms with Gasteiger partial charge >= 0.3 is 0 Å². The molecule has 2 rings (SSSR count). The van der Waals surface area contributed by atoms with Crippen LogP contribution < -0.4 is 10.5 Å². The summed E-state index contributed by atoms with van der Waals surface area (Å²) < 4.78 is 6.03. The molecule has 1 aliphatic rings. The molecule has 0 spiro atoms. The van der Waals surface area contributed by atoms with E-state index in [2.05, 4.69) is 45.0 Å². The van der Waals surface area contributed by atoms with E-state index in [1.807, 2.05) is 0 Å². The fraction of sp³-hybridized carbons (Fsp3) is 0.625. The lowest BCUT2D eigenvalue weighted by molar-refractivity contribution is 0.165. The zero-order valence-electron chi connectivity index (χ0n) is 11.8. The molecule has 18 heavy (non-hydrogen) atoms. The van der Waals surface area contributed by atoms with Crippen molar-refractivity contribution in [1.82, 2.24) is 0 Å². The molecule has 0 aromatic heterocycles. The van der Waals surface area contributed by atoms with Gasteiger partial charge in [0.05, 0.1) is 0 Å². The van der Waals surface area contributed by atoms with E-state index in [4.69, 9.17) is 10.5 Å². The number of benzene rings is 1. The highest BCUT2D eigenvalue weighted by Gasteiger charge is 2.40. The third-order valence-electron chi connectivity index (χ3n) is 4.13. The quantitative estimate of drug-likeness (QED) is 0.883. The number of ether oxygens (including phenoxy) is 1. The maximum absolute atomic E-state index is 6.26. The van der Waals surface area contributed by atoms with Gasteiger partial charge in [-0.05, 0) is 42.4 Å². The fourth-order valence-electron chi connectivity index (χ4n) is 2.69. The van der Waals surface area contributed by atoms with Gasteiger partial charge in [-0.25, -0.2) is 0 Å². The van der Waals surface area contributed by atoms with Crippen molar-refractivity contribution in [3.05, 3.63) is 29.8 Å². The Balaban J connectivity index is 1.98. The Morgan fingerprint density at radius 2 is 1.94 bits per heavy atom. The Hall–Kier alpha value is -1.02. The minimum atomic E-state index is 0.132. The number of rotatable bonds is 4. The Kier molecular flexibility index (Phi) is 3.96. The molecule has 0 saturated heterocycles. The summed E-state index contributed by atoms with van der Waals surface area (Å²) in [6.45, 7) is 6.65. The van der Waals surface area contributed by atoms with Gasteiger partial charge in [0.1, 0.15) is 11.9 Å². The van der Waals surface area contributed by atoms with E-state index in [-0.39, 0.29) is 17.6 Å². The molecular weight excluding hydrogens is 222 g/mol. The minimum absolute atomic E-state index is 0.132. The summed E-state index contributed by atoms with van der Waals surface area (Å²) in [6.07, 6.45) is 4.69. The summed E-state index contributed by atoms with van der Waals surface area (Å²) >= 11 is 0. The van der Waals surface area contributed by atoms with Gasteiger partial charge in [0.15, 0.2) is 0 Å². The van der Waals surface area contributed by atoms with Gasteiger partial charge < -0.3 is 10.5 Å². The predicted molar refractivity (Wildman–Crippen MR) is 75.8 cm³/mol. The van der Waals surface area contributed by atoms with Crippen LogP contribution in [0.3, 0.4) is 0 Å². The standard InChI is InChI=1S/C16H25NO/c1-4-5-12-6-8-13(9-7-12)18-14-10-11-16(2,3)15(14)17/h6-9,14-15H,4-5,10-11,17H2,1-3H3. The summed E-state index contributed by atoms with van der Waals surface area (Å²) in [5.41, 5.74) is 7.83. The van der Waals surface area contributed by atoms with Crippen molar-refractivity contribution in [3.63, 3.8) is 0 Å². The van der Waals surface area contributed by atoms with Gasteiger partial charge in [0, 0.05) is 6.04 Å². The molecule has 0 amide bonds. The van der Waals surface area contributed by atoms with Crippen LogP contribution in [0.2, 0.25) is 0 Å². The monoisotopic (exact) mass is 247 g/mol. The van der Waals surface area contributed by atoms with Crippen LogP contribution in [0.1, 0.15) is 45.6 Å². The van der Waals surface area contributed by atoms with E-state index >= 15 is 0 Å². The molecule has 2 unspecified atom stereocenters. The van der Waals surface area contributed by atoms with Crippen LogP contribution in [-0.4, -0.2) is 12.1 Å². The molecule has 0 aliphatic heterocycles. The van der Waals surface area contributed by atoms with Gasteiger partial charge in [-0.3, -0.25) is 0 Å². The van der Waals surface area contributed by atoms with Crippen LogP contribution in [0.5, 0.6) is 5.75 Å². The second-order valence-corrected chi connectivity index (χ2v) is 6.10. The molecule has 0 bridgehead atoms. The first-order valence-electron chi connectivity index (χ1n) is 7.04. The van der Waals surface area contributed by atoms with E-state index in [1.165, 1.54) is 12.0 Å². The molecule has 2 atom stereocenters. The molecule has 2 N–H and O–H groups in total. The van der Waals surface area contributed by atoms with Crippen molar-refractivity contribution in [2.45, 2.75) is 58.6 Å². The smallest absolute Gasteiger partial charge is 0.119 e. The van der Waals surface area contributed by atoms with Crippen molar-refractivity contribution in [3.8, 4) is 5.75 Å². The normalized spacial score (nSPS) is 26.2. The average Bonchev–Trinajstić information content (AvgIpc) is 2.59. The van der Waals surface area contributed by atoms with Crippen LogP contribution in [0.25, 0.3) is 0 Å². The highest BCUT2D eigenvalue weighted by atomic mass is 16.5. The first-order chi connectivity index (χ1) is 8.53. The van der Waals surface area contributed by atoms with Crippen LogP contribution in [0, 0.1) is 5.41 Å². The summed E-state index contributed by atoms with van der Waals surface area (Å²) in [5, 5.41) is 0. The molecular formula is C16H25NO. The molecule has 1 aliphatic carbocycles. The zero-order valence-corrected chi connectivity index (χ0v) is 11.8. The Labute approximate surface area is 111 Å². The van der Waals surface area contributed by atoms with Crippen LogP contribution in [-0.2, 0) is 6.42 Å². The number of hydrogen-bond acceptors (Lipinski definition) is 2. The summed E-state index contributed by atoms with van der Waals surface area (Å²) in [7, 11) is 0. The Morgan fingerprint density at radius 1 is 1.28 bits per heavy atom. The summed E-state index contributed by atoms with van der Waals surface area (Å²) in [6, 6.07) is 8.59. The van der Waals surface area contributed by atoms with Crippen molar-refractivity contribution >= 4 is 0 Å². The minimum Gasteiger partial charge on any atom is -0.489 e. The van der Waals surface area contributed by atoms with Crippen molar-refractivity contribution in [1.29, 1.82) is 0 Å². The topological polar surface area (TPSA) is 35.2 Å². The first kappa shape index (κ1) is 13.4. The second kappa shape index (κ2) is 5.31. The summed E-state index contributed by atoms with van der Waals surface area (Å²) in [5.74, 6) is 0.952. The molecule has 1 aromatic rings. The molecule has 2 nitrogen and oxygen atoms in total. The molecule has 0 radical (unpaired) electrons. The maximum Gasteiger partial charge on any atom is 0.119 e. The molecule has 1 aromatic carbocycles. The molecule has 100 valence electrons. The third-order valence-corrected chi connectivity index (χ3v) is 4.13. The van der Waals surface area contributed by atoms with Gasteiger partial charge in [-0.2, -0.15) is 0 Å². The van der Waals surface area contributed by atoms with E-state index in [1.54, 1.807) is 0 Å². The second-order valence-electron chi connectivity index (χ2n) is 6.10. The number of hydrogen-bond donors (Lipinski definition) is 1. The zero-order chi connectivity index (χ0) is 13.2. The molecule has 1 saturated carbocycles. The van der Waals surface area contributed by atoms with Gasteiger partial charge in [0.25, 0.3) is 0 Å². The number of aryl methyl sites for hydroxylation is 1. The predicted octanol–water partition coefficient (Wildman–Crippen LogP) is 3.53. The van der Waals surface area contributed by atoms with E-state index < -0.39 is 0 Å². The van der Waals surface area contributed by atoms with Gasteiger partial charge in [0.2, 0.25) is 0 Å². The van der Waals surface area contributed by atoms with Crippen molar-refractivity contribution in [2.24, 2.45) is 11.1 Å². The van der Waals surface area contributed by atoms with Gasteiger partial charge in [-0.15, -0.1) is 0 Å². The number of nitrogens with two attached hydrogens (primary N) is 1. The molecule has 0 heterocycles. The molecule has 1 fully saturated rings. The highest BCUT2D eigenvalue weighted by Crippen LogP contribution is 2.38. The average molecular weight is 247 g/mol. The highest BCUT2D eigenvalue weighted by molar-refractivity contribution is 5.27. The maximum atomic E-state index is 6.26.